The van der Waals surface area contributed by atoms with Crippen LogP contribution in [0.25, 0.3) is 0 Å². The predicted molar refractivity (Wildman–Crippen MR) is 104 cm³/mol. The number of nitrogens with zero attached hydrogens (tertiary/aromatic N) is 2. The topological polar surface area (TPSA) is 53.9 Å². The van der Waals surface area contributed by atoms with Gasteiger partial charge in [0.1, 0.15) is 17.1 Å². The van der Waals surface area contributed by atoms with E-state index in [9.17, 15) is 9.18 Å². The first-order chi connectivity index (χ1) is 12.1. The minimum Gasteiger partial charge on any atom is -0.444 e. The minimum absolute atomic E-state index is 0.0800. The summed E-state index contributed by atoms with van der Waals surface area (Å²) in [5, 5.41) is 3.16. The summed E-state index contributed by atoms with van der Waals surface area (Å²) in [6.45, 7) is 6.62. The van der Waals surface area contributed by atoms with Gasteiger partial charge in [0.25, 0.3) is 0 Å². The summed E-state index contributed by atoms with van der Waals surface area (Å²) in [5.74, 6) is -0.479. The molecule has 8 heteroatoms. The fraction of sp³-hybridized carbons (Fsp3) is 0.556. The molecule has 0 bridgehead atoms. The number of piperidine rings is 1. The van der Waals surface area contributed by atoms with Crippen LogP contribution in [0.5, 0.6) is 0 Å². The normalized spacial score (nSPS) is 22.5. The summed E-state index contributed by atoms with van der Waals surface area (Å²) in [7, 11) is 0. The van der Waals surface area contributed by atoms with Crippen LogP contribution in [-0.2, 0) is 4.74 Å². The zero-order chi connectivity index (χ0) is 19.1. The first-order valence-electron chi connectivity index (χ1n) is 8.57. The van der Waals surface area contributed by atoms with Crippen LogP contribution >= 0.6 is 24.2 Å². The summed E-state index contributed by atoms with van der Waals surface area (Å²) < 4.78 is 19.2. The highest BCUT2D eigenvalue weighted by Gasteiger charge is 2.43. The number of ether oxygens (including phenoxy) is 1. The third kappa shape index (κ3) is 4.15. The van der Waals surface area contributed by atoms with E-state index in [1.54, 1.807) is 11.0 Å². The van der Waals surface area contributed by atoms with E-state index >= 15 is 0 Å². The van der Waals surface area contributed by atoms with Gasteiger partial charge in [-0.1, -0.05) is 17.7 Å². The Morgan fingerprint density at radius 1 is 1.42 bits per heavy atom. The number of carbonyl (C=O) groups excluding carboxylic acids is 1. The number of halogens is 2. The number of likely N-dealkylation sites (tertiary alicyclic amines) is 1. The van der Waals surface area contributed by atoms with Crippen molar-refractivity contribution in [3.05, 3.63) is 34.6 Å². The molecule has 2 aliphatic rings. The second kappa shape index (κ2) is 7.02. The maximum Gasteiger partial charge on any atom is 0.410 e. The van der Waals surface area contributed by atoms with Crippen molar-refractivity contribution in [3.63, 3.8) is 0 Å². The smallest absolute Gasteiger partial charge is 0.410 e. The lowest BCUT2D eigenvalue weighted by atomic mass is 9.98. The van der Waals surface area contributed by atoms with Gasteiger partial charge in [0.2, 0.25) is 0 Å². The van der Waals surface area contributed by atoms with Crippen LogP contribution in [0.4, 0.5) is 9.18 Å². The van der Waals surface area contributed by atoms with Crippen LogP contribution in [0.15, 0.2) is 23.2 Å². The second-order valence-electron chi connectivity index (χ2n) is 7.67. The molecule has 5 nitrogen and oxygen atoms in total. The van der Waals surface area contributed by atoms with Crippen molar-refractivity contribution < 1.29 is 13.9 Å². The third-order valence-electron chi connectivity index (χ3n) is 4.46. The average molecular weight is 400 g/mol. The Bertz CT molecular complexity index is 742. The molecule has 1 amide bonds. The van der Waals surface area contributed by atoms with Crippen LogP contribution in [0.2, 0.25) is 5.02 Å². The lowest BCUT2D eigenvalue weighted by Crippen LogP contribution is -2.53. The molecule has 1 N–H and O–H groups in total. The lowest BCUT2D eigenvalue weighted by molar-refractivity contribution is 0.0159. The van der Waals surface area contributed by atoms with Crippen molar-refractivity contribution in [2.75, 3.05) is 13.1 Å². The Morgan fingerprint density at radius 3 is 2.65 bits per heavy atom. The summed E-state index contributed by atoms with van der Waals surface area (Å²) in [6, 6.07) is 4.64. The highest BCUT2D eigenvalue weighted by Crippen LogP contribution is 2.32. The summed E-state index contributed by atoms with van der Waals surface area (Å²) in [4.78, 5) is 18.7. The first-order valence-corrected chi connectivity index (χ1v) is 9.47. The van der Waals surface area contributed by atoms with Crippen molar-refractivity contribution in [3.8, 4) is 0 Å². The number of amides is 1. The molecule has 0 radical (unpaired) electrons. The second-order valence-corrected chi connectivity index (χ2v) is 8.60. The molecule has 1 aromatic rings. The Morgan fingerprint density at radius 2 is 2.08 bits per heavy atom. The molecule has 0 aliphatic carbocycles. The molecular weight excluding hydrogens is 377 g/mol. The van der Waals surface area contributed by atoms with E-state index in [1.807, 2.05) is 20.8 Å². The monoisotopic (exact) mass is 399 g/mol. The average Bonchev–Trinajstić information content (AvgIpc) is 2.85. The van der Waals surface area contributed by atoms with Gasteiger partial charge in [-0.15, -0.1) is 0 Å². The zero-order valence-electron chi connectivity index (χ0n) is 15.1. The molecule has 1 atom stereocenters. The molecule has 26 heavy (non-hydrogen) atoms. The van der Waals surface area contributed by atoms with Crippen molar-refractivity contribution in [2.24, 2.45) is 4.99 Å². The van der Waals surface area contributed by atoms with E-state index in [4.69, 9.17) is 21.3 Å². The fourth-order valence-electron chi connectivity index (χ4n) is 3.17. The molecule has 1 fully saturated rings. The molecule has 2 aliphatic heterocycles. The number of hydrogen-bond acceptors (Lipinski definition) is 5. The lowest BCUT2D eigenvalue weighted by Gasteiger charge is -2.38. The van der Waals surface area contributed by atoms with Gasteiger partial charge in [0.15, 0.2) is 0 Å². The van der Waals surface area contributed by atoms with Crippen molar-refractivity contribution in [1.82, 2.24) is 10.2 Å². The summed E-state index contributed by atoms with van der Waals surface area (Å²) >= 11 is 10.3. The van der Waals surface area contributed by atoms with Crippen LogP contribution in [0, 0.1) is 5.82 Å². The third-order valence-corrected chi connectivity index (χ3v) is 5.14. The van der Waals surface area contributed by atoms with E-state index in [0.29, 0.717) is 37.2 Å². The molecule has 1 aromatic carbocycles. The maximum atomic E-state index is 13.8. The number of aliphatic imine (C=N–C) groups is 1. The standard InChI is InChI=1S/C18H23ClFN3O2S/c1-17(2,3)25-16(24)23-8-6-18(7-9-23)21-14(15(26)22-18)11-4-5-12(19)13(20)10-11/h4-5,10,15,22,26H,6-9H2,1-3H3. The van der Waals surface area contributed by atoms with Gasteiger partial charge < -0.3 is 9.64 Å². The largest absolute Gasteiger partial charge is 0.444 e. The van der Waals surface area contributed by atoms with Crippen molar-refractivity contribution in [1.29, 1.82) is 0 Å². The molecule has 0 aromatic heterocycles. The number of hydrogen-bond donors (Lipinski definition) is 2. The Balaban J connectivity index is 1.72. The first kappa shape index (κ1) is 19.5. The van der Waals surface area contributed by atoms with E-state index < -0.39 is 17.1 Å². The van der Waals surface area contributed by atoms with Crippen molar-refractivity contribution >= 4 is 36.0 Å². The quantitative estimate of drug-likeness (QED) is 0.705. The fourth-order valence-corrected chi connectivity index (χ4v) is 3.73. The summed E-state index contributed by atoms with van der Waals surface area (Å²) in [5.41, 5.74) is 0.342. The van der Waals surface area contributed by atoms with E-state index in [-0.39, 0.29) is 16.5 Å². The number of benzene rings is 1. The van der Waals surface area contributed by atoms with E-state index in [2.05, 4.69) is 17.9 Å². The van der Waals surface area contributed by atoms with Gasteiger partial charge in [0, 0.05) is 31.5 Å². The van der Waals surface area contributed by atoms with E-state index in [1.165, 1.54) is 12.1 Å². The van der Waals surface area contributed by atoms with Gasteiger partial charge in [-0.2, -0.15) is 12.6 Å². The van der Waals surface area contributed by atoms with Gasteiger partial charge in [0.05, 0.1) is 16.1 Å². The molecule has 2 heterocycles. The summed E-state index contributed by atoms with van der Waals surface area (Å²) in [6.07, 6.45) is 0.975. The molecule has 1 spiro atoms. The number of nitrogens with one attached hydrogen (secondary N) is 1. The molecule has 0 saturated carbocycles. The van der Waals surface area contributed by atoms with Gasteiger partial charge >= 0.3 is 6.09 Å². The number of rotatable bonds is 1. The maximum absolute atomic E-state index is 13.8. The van der Waals surface area contributed by atoms with E-state index in [0.717, 1.165) is 0 Å². The van der Waals surface area contributed by atoms with Crippen LogP contribution in [-0.4, -0.2) is 46.4 Å². The molecule has 3 rings (SSSR count). The van der Waals surface area contributed by atoms with Gasteiger partial charge in [-0.3, -0.25) is 10.3 Å². The SMILES string of the molecule is CC(C)(C)OC(=O)N1CCC2(CC1)N=C(c1ccc(Cl)c(F)c1)C(S)N2. The number of thiol groups is 1. The minimum atomic E-state index is -0.516. The van der Waals surface area contributed by atoms with Gasteiger partial charge in [-0.05, 0) is 32.9 Å². The Labute approximate surface area is 163 Å². The Kier molecular flexibility index (Phi) is 5.25. The van der Waals surface area contributed by atoms with Crippen LogP contribution in [0.3, 0.4) is 0 Å². The molecule has 142 valence electrons. The molecule has 1 saturated heterocycles. The number of carbonyl (C=O) groups is 1. The molecular formula is C18H23ClFN3O2S. The predicted octanol–water partition coefficient (Wildman–Crippen LogP) is 3.85. The van der Waals surface area contributed by atoms with Crippen molar-refractivity contribution in [2.45, 2.75) is 50.3 Å². The van der Waals surface area contributed by atoms with Gasteiger partial charge in [-0.25, -0.2) is 9.18 Å². The van der Waals surface area contributed by atoms with Crippen LogP contribution in [0.1, 0.15) is 39.2 Å². The highest BCUT2D eigenvalue weighted by atomic mass is 35.5. The molecule has 1 unspecified atom stereocenters. The van der Waals surface area contributed by atoms with Crippen LogP contribution < -0.4 is 5.32 Å². The highest BCUT2D eigenvalue weighted by molar-refractivity contribution is 7.81. The zero-order valence-corrected chi connectivity index (χ0v) is 16.7. The Hall–Kier alpha value is -1.31.